The molecule has 0 unspecified atom stereocenters. The Labute approximate surface area is 262 Å². The lowest BCUT2D eigenvalue weighted by Crippen LogP contribution is -2.40. The third kappa shape index (κ3) is 6.17. The smallest absolute Gasteiger partial charge is 0.337 e. The number of carbonyl (C=O) groups excluding carboxylic acids is 1. The van der Waals surface area contributed by atoms with Gasteiger partial charge in [-0.3, -0.25) is 9.80 Å². The van der Waals surface area contributed by atoms with Crippen molar-refractivity contribution in [3.63, 3.8) is 0 Å². The van der Waals surface area contributed by atoms with Gasteiger partial charge in [-0.2, -0.15) is 0 Å². The van der Waals surface area contributed by atoms with Crippen LogP contribution in [0.5, 0.6) is 5.75 Å². The maximum atomic E-state index is 15.7. The summed E-state index contributed by atoms with van der Waals surface area (Å²) < 4.78 is 29.1. The SMILES string of the molecule is Cc1nc2c(cc(C(=O)N(N)C[C@@H](C)c3ccccc3)n2C)c(-c2cc(F)c3c(c2C)CCCO3)c1[C@H](OC(C)(C)C)C(=O)O. The Hall–Kier alpha value is -4.28. The Morgan fingerprint density at radius 2 is 1.89 bits per heavy atom. The second kappa shape index (κ2) is 12.3. The summed E-state index contributed by atoms with van der Waals surface area (Å²) in [5.74, 6) is 4.40. The Bertz CT molecular complexity index is 1780. The van der Waals surface area contributed by atoms with Crippen LogP contribution in [0.4, 0.5) is 4.39 Å². The maximum absolute atomic E-state index is 15.7. The van der Waals surface area contributed by atoms with E-state index in [2.05, 4.69) is 0 Å². The lowest BCUT2D eigenvalue weighted by molar-refractivity contribution is -0.160. The third-order valence-corrected chi connectivity index (χ3v) is 8.39. The first-order valence-electron chi connectivity index (χ1n) is 15.2. The number of aliphatic carboxylic acids is 1. The second-order valence-electron chi connectivity index (χ2n) is 12.8. The van der Waals surface area contributed by atoms with Crippen molar-refractivity contribution in [3.05, 3.63) is 81.9 Å². The van der Waals surface area contributed by atoms with Gasteiger partial charge in [-0.15, -0.1) is 0 Å². The van der Waals surface area contributed by atoms with E-state index in [0.29, 0.717) is 46.4 Å². The quantitative estimate of drug-likeness (QED) is 0.134. The number of nitrogens with zero attached hydrogens (tertiary/aromatic N) is 3. The fourth-order valence-corrected chi connectivity index (χ4v) is 6.19. The number of halogens is 1. The van der Waals surface area contributed by atoms with E-state index in [1.165, 1.54) is 11.1 Å². The molecule has 0 spiro atoms. The van der Waals surface area contributed by atoms with E-state index < -0.39 is 29.4 Å². The standard InChI is InChI=1S/C35H41FN4O5/c1-19(22-12-9-8-10-13-22)18-40(37)33(41)27-17-25-29(24-16-26(36)30-23(20(24)2)14-11-15-44-30)28(21(3)38-32(25)39(27)7)31(34(42)43)45-35(4,5)6/h8-10,12-13,16-17,19,31H,11,14-15,18,37H2,1-7H3,(H,42,43)/t19-,31+/m1/s1. The molecule has 0 saturated heterocycles. The number of hydrogen-bond donors (Lipinski definition) is 2. The number of ether oxygens (including phenoxy) is 2. The van der Waals surface area contributed by atoms with Crippen molar-refractivity contribution < 1.29 is 28.6 Å². The first-order valence-corrected chi connectivity index (χ1v) is 15.2. The summed E-state index contributed by atoms with van der Waals surface area (Å²) >= 11 is 0. The molecule has 4 aromatic rings. The van der Waals surface area contributed by atoms with E-state index in [1.54, 1.807) is 45.4 Å². The predicted octanol–water partition coefficient (Wildman–Crippen LogP) is 6.38. The number of nitrogens with two attached hydrogens (primary N) is 1. The van der Waals surface area contributed by atoms with Crippen molar-refractivity contribution in [1.29, 1.82) is 0 Å². The zero-order valence-electron chi connectivity index (χ0n) is 26.9. The predicted molar refractivity (Wildman–Crippen MR) is 171 cm³/mol. The van der Waals surface area contributed by atoms with Crippen LogP contribution in [-0.4, -0.2) is 50.3 Å². The number of pyridine rings is 1. The number of rotatable bonds is 8. The minimum atomic E-state index is -1.41. The molecule has 1 aliphatic rings. The van der Waals surface area contributed by atoms with E-state index in [0.717, 1.165) is 23.1 Å². The van der Waals surface area contributed by atoms with Gasteiger partial charge in [-0.25, -0.2) is 20.0 Å². The summed E-state index contributed by atoms with van der Waals surface area (Å²) in [6.45, 7) is 11.6. The molecule has 0 bridgehead atoms. The zero-order chi connectivity index (χ0) is 32.8. The molecule has 2 atom stereocenters. The molecular formula is C35H41FN4O5. The fraction of sp³-hybridized carbons (Fsp3) is 0.400. The number of carboxylic acids is 1. The molecule has 0 aliphatic carbocycles. The van der Waals surface area contributed by atoms with Crippen molar-refractivity contribution in [3.8, 4) is 16.9 Å². The Morgan fingerprint density at radius 3 is 2.53 bits per heavy atom. The number of hydrazine groups is 1. The van der Waals surface area contributed by atoms with E-state index in [4.69, 9.17) is 20.3 Å². The van der Waals surface area contributed by atoms with Gasteiger partial charge < -0.3 is 19.1 Å². The summed E-state index contributed by atoms with van der Waals surface area (Å²) in [6, 6.07) is 12.8. The Kier molecular flexibility index (Phi) is 8.75. The summed E-state index contributed by atoms with van der Waals surface area (Å²) in [4.78, 5) is 31.4. The largest absolute Gasteiger partial charge is 0.490 e. The summed E-state index contributed by atoms with van der Waals surface area (Å²) in [6.07, 6.45) is -0.0595. The van der Waals surface area contributed by atoms with Crippen LogP contribution in [0.1, 0.15) is 84.6 Å². The van der Waals surface area contributed by atoms with Crippen LogP contribution in [0.15, 0.2) is 42.5 Å². The second-order valence-corrected chi connectivity index (χ2v) is 12.8. The van der Waals surface area contributed by atoms with Crippen LogP contribution >= 0.6 is 0 Å². The number of carboxylic acid groups (broad SMARTS) is 1. The van der Waals surface area contributed by atoms with Gasteiger partial charge in [0.25, 0.3) is 5.91 Å². The van der Waals surface area contributed by atoms with Crippen LogP contribution in [0.25, 0.3) is 22.2 Å². The normalized spacial score (nSPS) is 14.5. The highest BCUT2D eigenvalue weighted by Gasteiger charge is 2.35. The molecule has 0 fully saturated rings. The van der Waals surface area contributed by atoms with Crippen molar-refractivity contribution in [1.82, 2.24) is 14.6 Å². The average Bonchev–Trinajstić information content (AvgIpc) is 3.32. The van der Waals surface area contributed by atoms with Crippen molar-refractivity contribution in [2.75, 3.05) is 13.2 Å². The van der Waals surface area contributed by atoms with Gasteiger partial charge >= 0.3 is 5.97 Å². The number of fused-ring (bicyclic) bond motifs is 2. The highest BCUT2D eigenvalue weighted by molar-refractivity contribution is 6.04. The molecule has 0 saturated carbocycles. The molecule has 9 nitrogen and oxygen atoms in total. The molecule has 2 aromatic carbocycles. The van der Waals surface area contributed by atoms with E-state index in [1.807, 2.05) is 44.2 Å². The van der Waals surface area contributed by atoms with Crippen molar-refractivity contribution >= 4 is 22.9 Å². The fourth-order valence-electron chi connectivity index (χ4n) is 6.19. The van der Waals surface area contributed by atoms with Crippen LogP contribution in [0, 0.1) is 19.7 Å². The molecule has 3 N–H and O–H groups in total. The number of hydrogen-bond acceptors (Lipinski definition) is 6. The summed E-state index contributed by atoms with van der Waals surface area (Å²) in [5.41, 5.74) is 4.09. The van der Waals surface area contributed by atoms with Gasteiger partial charge in [0.05, 0.1) is 12.2 Å². The number of aromatic nitrogens is 2. The van der Waals surface area contributed by atoms with Crippen molar-refractivity contribution in [2.24, 2.45) is 12.9 Å². The minimum Gasteiger partial charge on any atom is -0.490 e. The molecule has 1 aliphatic heterocycles. The van der Waals surface area contributed by atoms with Gasteiger partial charge in [-0.05, 0) is 76.3 Å². The lowest BCUT2D eigenvalue weighted by Gasteiger charge is -2.29. The molecule has 238 valence electrons. The molecule has 2 aromatic heterocycles. The van der Waals surface area contributed by atoms with E-state index in [9.17, 15) is 14.7 Å². The molecule has 3 heterocycles. The Morgan fingerprint density at radius 1 is 1.20 bits per heavy atom. The van der Waals surface area contributed by atoms with Crippen LogP contribution in [0.2, 0.25) is 0 Å². The topological polar surface area (TPSA) is 120 Å². The van der Waals surface area contributed by atoms with Gasteiger partial charge in [0.1, 0.15) is 11.3 Å². The number of amides is 1. The Balaban J connectivity index is 1.73. The van der Waals surface area contributed by atoms with Crippen LogP contribution in [0.3, 0.4) is 0 Å². The molecule has 0 radical (unpaired) electrons. The first kappa shape index (κ1) is 32.1. The van der Waals surface area contributed by atoms with E-state index >= 15 is 4.39 Å². The van der Waals surface area contributed by atoms with Crippen LogP contribution < -0.4 is 10.6 Å². The van der Waals surface area contributed by atoms with Gasteiger partial charge in [0.2, 0.25) is 0 Å². The number of benzene rings is 2. The molecule has 5 rings (SSSR count). The lowest BCUT2D eigenvalue weighted by atomic mass is 9.86. The zero-order valence-corrected chi connectivity index (χ0v) is 26.9. The summed E-state index contributed by atoms with van der Waals surface area (Å²) in [7, 11) is 1.72. The average molecular weight is 617 g/mol. The molecule has 1 amide bonds. The van der Waals surface area contributed by atoms with Gasteiger partial charge in [-0.1, -0.05) is 37.3 Å². The van der Waals surface area contributed by atoms with Crippen molar-refractivity contribution in [2.45, 2.75) is 72.0 Å². The highest BCUT2D eigenvalue weighted by atomic mass is 19.1. The molecule has 10 heteroatoms. The van der Waals surface area contributed by atoms with Crippen LogP contribution in [-0.2, 0) is 23.0 Å². The first-order chi connectivity index (χ1) is 21.2. The molecule has 45 heavy (non-hydrogen) atoms. The van der Waals surface area contributed by atoms with Gasteiger partial charge in [0, 0.05) is 47.3 Å². The number of carbonyl (C=O) groups is 2. The summed E-state index contributed by atoms with van der Waals surface area (Å²) in [5, 5.41) is 12.1. The number of aryl methyl sites for hydroxylation is 2. The third-order valence-electron chi connectivity index (χ3n) is 8.39. The maximum Gasteiger partial charge on any atom is 0.337 e. The monoisotopic (exact) mass is 616 g/mol. The highest BCUT2D eigenvalue weighted by Crippen LogP contribution is 2.45. The molecular weight excluding hydrogens is 575 g/mol. The minimum absolute atomic E-state index is 0.0217. The van der Waals surface area contributed by atoms with E-state index in [-0.39, 0.29) is 23.9 Å². The van der Waals surface area contributed by atoms with Gasteiger partial charge in [0.15, 0.2) is 17.7 Å².